The Morgan fingerprint density at radius 1 is 1.30 bits per heavy atom. The van der Waals surface area contributed by atoms with Crippen LogP contribution in [0.3, 0.4) is 0 Å². The average Bonchev–Trinajstić information content (AvgIpc) is 3.21. The third kappa shape index (κ3) is 5.07. The predicted molar refractivity (Wildman–Crippen MR) is 136 cm³/mol. The highest BCUT2D eigenvalue weighted by atomic mass is 35.5. The second kappa shape index (κ2) is 10.1. The summed E-state index contributed by atoms with van der Waals surface area (Å²) in [5, 5.41) is 11.8. The highest BCUT2D eigenvalue weighted by Gasteiger charge is 2.32. The molecule has 0 spiro atoms. The molecule has 0 aliphatic carbocycles. The Morgan fingerprint density at radius 2 is 2.09 bits per heavy atom. The van der Waals surface area contributed by atoms with E-state index in [1.165, 1.54) is 17.4 Å². The molecule has 0 saturated heterocycles. The van der Waals surface area contributed by atoms with Crippen molar-refractivity contribution >= 4 is 40.1 Å². The van der Waals surface area contributed by atoms with Gasteiger partial charge in [-0.25, -0.2) is 0 Å². The molecule has 1 atom stereocenters. The van der Waals surface area contributed by atoms with E-state index in [0.717, 1.165) is 32.8 Å². The maximum atomic E-state index is 12.5. The molecular formula is C26H25ClN4OS. The standard InChI is InChI=1S/C26H25ClN4OS/c1-3-26(32)31-15-23(21-12-25(27)33-24(21)16-31)20-10-5-4-9-19(20)22(17(2)28)14-29-13-18-8-6-7-11-30-18/h3-12,14,23,28-29H,1,13,15-16H2,2H3/b22-14+,28-17?/t23-/m0/s1. The lowest BCUT2D eigenvalue weighted by Gasteiger charge is -2.33. The number of pyridine rings is 1. The highest BCUT2D eigenvalue weighted by Crippen LogP contribution is 2.42. The lowest BCUT2D eigenvalue weighted by molar-refractivity contribution is -0.127. The number of halogens is 1. The summed E-state index contributed by atoms with van der Waals surface area (Å²) in [6.45, 7) is 7.08. The Hall–Kier alpha value is -3.22. The molecule has 7 heteroatoms. The molecule has 1 aliphatic heterocycles. The van der Waals surface area contributed by atoms with Gasteiger partial charge < -0.3 is 15.6 Å². The smallest absolute Gasteiger partial charge is 0.246 e. The lowest BCUT2D eigenvalue weighted by atomic mass is 9.83. The summed E-state index contributed by atoms with van der Waals surface area (Å²) in [5.74, 6) is -0.139. The first-order chi connectivity index (χ1) is 16.0. The second-order valence-corrected chi connectivity index (χ2v) is 9.64. The SMILES string of the molecule is C=CC(=O)N1Cc2sc(Cl)cc2[C@H](c2ccccc2/C(=C/NCc2ccccn2)C(C)=N)C1. The highest BCUT2D eigenvalue weighted by molar-refractivity contribution is 7.16. The zero-order valence-electron chi connectivity index (χ0n) is 18.3. The number of fused-ring (bicyclic) bond motifs is 1. The third-order valence-electron chi connectivity index (χ3n) is 5.70. The van der Waals surface area contributed by atoms with Gasteiger partial charge in [-0.2, -0.15) is 0 Å². The molecule has 168 valence electrons. The van der Waals surface area contributed by atoms with Crippen molar-refractivity contribution in [3.05, 3.63) is 105 Å². The van der Waals surface area contributed by atoms with E-state index in [1.807, 2.05) is 53.6 Å². The monoisotopic (exact) mass is 476 g/mol. The normalized spacial score (nSPS) is 15.6. The van der Waals surface area contributed by atoms with Crippen molar-refractivity contribution in [1.82, 2.24) is 15.2 Å². The van der Waals surface area contributed by atoms with Gasteiger partial charge in [0.25, 0.3) is 0 Å². The molecule has 0 fully saturated rings. The number of carbonyl (C=O) groups is 1. The van der Waals surface area contributed by atoms with Crippen LogP contribution in [0.5, 0.6) is 0 Å². The average molecular weight is 477 g/mol. The zero-order valence-corrected chi connectivity index (χ0v) is 19.9. The molecule has 3 aromatic rings. The number of carbonyl (C=O) groups excluding carboxylic acids is 1. The molecule has 0 radical (unpaired) electrons. The van der Waals surface area contributed by atoms with Crippen LogP contribution < -0.4 is 5.32 Å². The molecule has 4 rings (SSSR count). The van der Waals surface area contributed by atoms with Crippen LogP contribution in [0, 0.1) is 5.41 Å². The molecule has 2 aromatic heterocycles. The zero-order chi connectivity index (χ0) is 23.4. The van der Waals surface area contributed by atoms with Gasteiger partial charge in [0, 0.05) is 41.0 Å². The fourth-order valence-corrected chi connectivity index (χ4v) is 5.50. The maximum Gasteiger partial charge on any atom is 0.246 e. The number of allylic oxidation sites excluding steroid dienone is 1. The maximum absolute atomic E-state index is 12.5. The number of aromatic nitrogens is 1. The van der Waals surface area contributed by atoms with E-state index in [2.05, 4.69) is 22.9 Å². The van der Waals surface area contributed by atoms with Crippen LogP contribution in [0.15, 0.2) is 73.6 Å². The van der Waals surface area contributed by atoms with Crippen LogP contribution >= 0.6 is 22.9 Å². The quantitative estimate of drug-likeness (QED) is 0.343. The minimum atomic E-state index is -0.0938. The molecule has 33 heavy (non-hydrogen) atoms. The summed E-state index contributed by atoms with van der Waals surface area (Å²) < 4.78 is 0.714. The van der Waals surface area contributed by atoms with E-state index in [1.54, 1.807) is 13.1 Å². The van der Waals surface area contributed by atoms with Crippen molar-refractivity contribution < 1.29 is 4.79 Å². The lowest BCUT2D eigenvalue weighted by Crippen LogP contribution is -2.37. The summed E-state index contributed by atoms with van der Waals surface area (Å²) in [5.41, 5.74) is 5.35. The summed E-state index contributed by atoms with van der Waals surface area (Å²) in [4.78, 5) is 19.7. The summed E-state index contributed by atoms with van der Waals surface area (Å²) in [6.07, 6.45) is 5.01. The molecule has 0 unspecified atom stereocenters. The summed E-state index contributed by atoms with van der Waals surface area (Å²) in [7, 11) is 0. The summed E-state index contributed by atoms with van der Waals surface area (Å²) >= 11 is 7.89. The van der Waals surface area contributed by atoms with Crippen molar-refractivity contribution in [2.75, 3.05) is 6.54 Å². The first-order valence-electron chi connectivity index (χ1n) is 10.7. The Balaban J connectivity index is 1.72. The van der Waals surface area contributed by atoms with Gasteiger partial charge in [0.05, 0.1) is 23.1 Å². The number of hydrogen-bond acceptors (Lipinski definition) is 5. The van der Waals surface area contributed by atoms with Crippen molar-refractivity contribution in [3.8, 4) is 0 Å². The van der Waals surface area contributed by atoms with Gasteiger partial charge in [-0.15, -0.1) is 11.3 Å². The first-order valence-corrected chi connectivity index (χ1v) is 11.8. The number of amides is 1. The molecule has 1 aromatic carbocycles. The predicted octanol–water partition coefficient (Wildman–Crippen LogP) is 5.63. The second-order valence-electron chi connectivity index (χ2n) is 7.88. The number of nitrogens with one attached hydrogen (secondary N) is 2. The molecule has 2 N–H and O–H groups in total. The minimum absolute atomic E-state index is 0.0452. The molecule has 0 bridgehead atoms. The van der Waals surface area contributed by atoms with Gasteiger partial charge in [0.1, 0.15) is 0 Å². The van der Waals surface area contributed by atoms with Crippen molar-refractivity contribution in [2.24, 2.45) is 0 Å². The Labute approximate surface area is 202 Å². The third-order valence-corrected chi connectivity index (χ3v) is 6.96. The van der Waals surface area contributed by atoms with Gasteiger partial charge in [-0.1, -0.05) is 48.5 Å². The number of rotatable bonds is 7. The largest absolute Gasteiger partial charge is 0.385 e. The van der Waals surface area contributed by atoms with Crippen LogP contribution in [0.4, 0.5) is 0 Å². The summed E-state index contributed by atoms with van der Waals surface area (Å²) in [6, 6.07) is 15.9. The van der Waals surface area contributed by atoms with Gasteiger partial charge >= 0.3 is 0 Å². The van der Waals surface area contributed by atoms with Crippen molar-refractivity contribution in [1.29, 1.82) is 5.41 Å². The van der Waals surface area contributed by atoms with Crippen molar-refractivity contribution in [3.63, 3.8) is 0 Å². The molecule has 1 aliphatic rings. The van der Waals surface area contributed by atoms with E-state index < -0.39 is 0 Å². The van der Waals surface area contributed by atoms with Gasteiger partial charge in [0.2, 0.25) is 5.91 Å². The number of nitrogens with zero attached hydrogens (tertiary/aromatic N) is 2. The van der Waals surface area contributed by atoms with E-state index in [9.17, 15) is 4.79 Å². The molecule has 3 heterocycles. The van der Waals surface area contributed by atoms with Crippen LogP contribution in [0.25, 0.3) is 5.57 Å². The molecule has 1 amide bonds. The number of thiophene rings is 1. The number of benzene rings is 1. The number of hydrogen-bond donors (Lipinski definition) is 2. The molecular weight excluding hydrogens is 452 g/mol. The van der Waals surface area contributed by atoms with Gasteiger partial charge in [-0.05, 0) is 47.9 Å². The van der Waals surface area contributed by atoms with E-state index in [4.69, 9.17) is 17.0 Å². The Kier molecular flexibility index (Phi) is 7.06. The van der Waals surface area contributed by atoms with Gasteiger partial charge in [0.15, 0.2) is 0 Å². The van der Waals surface area contributed by atoms with Crippen LogP contribution in [0.1, 0.15) is 40.1 Å². The minimum Gasteiger partial charge on any atom is -0.385 e. The fraction of sp³-hybridized carbons (Fsp3) is 0.192. The van der Waals surface area contributed by atoms with Crippen LogP contribution in [-0.2, 0) is 17.9 Å². The van der Waals surface area contributed by atoms with Crippen LogP contribution in [0.2, 0.25) is 4.34 Å². The first kappa shape index (κ1) is 23.0. The Morgan fingerprint density at radius 3 is 2.82 bits per heavy atom. The van der Waals surface area contributed by atoms with E-state index >= 15 is 0 Å². The van der Waals surface area contributed by atoms with E-state index in [-0.39, 0.29) is 11.8 Å². The molecule has 0 saturated carbocycles. The van der Waals surface area contributed by atoms with E-state index in [0.29, 0.717) is 29.7 Å². The van der Waals surface area contributed by atoms with Crippen LogP contribution in [-0.4, -0.2) is 28.0 Å². The topological polar surface area (TPSA) is 69.1 Å². The Bertz CT molecular complexity index is 1220. The van der Waals surface area contributed by atoms with Crippen molar-refractivity contribution in [2.45, 2.75) is 25.9 Å². The van der Waals surface area contributed by atoms with Gasteiger partial charge in [-0.3, -0.25) is 9.78 Å². The molecule has 5 nitrogen and oxygen atoms in total. The fourth-order valence-electron chi connectivity index (χ4n) is 4.14.